The summed E-state index contributed by atoms with van der Waals surface area (Å²) in [7, 11) is 2.16. The number of fused-ring (bicyclic) bond motifs is 1. The lowest BCUT2D eigenvalue weighted by molar-refractivity contribution is 0.219. The molecule has 1 N–H and O–H groups in total. The molecule has 0 bridgehead atoms. The van der Waals surface area contributed by atoms with Gasteiger partial charge in [-0.25, -0.2) is 18.7 Å². The predicted octanol–water partition coefficient (Wildman–Crippen LogP) is 5.71. The van der Waals surface area contributed by atoms with Crippen LogP contribution in [-0.2, 0) is 6.42 Å². The van der Waals surface area contributed by atoms with E-state index in [9.17, 15) is 8.78 Å². The van der Waals surface area contributed by atoms with Crippen molar-refractivity contribution in [3.05, 3.63) is 65.3 Å². The zero-order chi connectivity index (χ0) is 26.5. The Morgan fingerprint density at radius 1 is 1.27 bits per heavy atom. The summed E-state index contributed by atoms with van der Waals surface area (Å²) >= 11 is 0. The first-order valence-electron chi connectivity index (χ1n) is 12.7. The molecule has 3 heterocycles. The van der Waals surface area contributed by atoms with E-state index in [1.54, 1.807) is 6.07 Å². The maximum absolute atomic E-state index is 15.0. The second-order valence-corrected chi connectivity index (χ2v) is 9.95. The number of rotatable bonds is 9. The molecule has 0 spiro atoms. The number of aryl methyl sites for hydroxylation is 1. The average Bonchev–Trinajstić information content (AvgIpc) is 3.21. The lowest BCUT2D eigenvalue weighted by Crippen LogP contribution is -2.30. The number of imidazole rings is 1. The van der Waals surface area contributed by atoms with Crippen molar-refractivity contribution < 1.29 is 8.78 Å². The van der Waals surface area contributed by atoms with Crippen molar-refractivity contribution in [3.63, 3.8) is 0 Å². The molecular formula is C28H35F2N7. The highest BCUT2D eigenvalue weighted by atomic mass is 19.1. The Morgan fingerprint density at radius 2 is 2.03 bits per heavy atom. The number of aliphatic imine (C=N–C) groups is 2. The predicted molar refractivity (Wildman–Crippen MR) is 147 cm³/mol. The molecule has 1 fully saturated rings. The first-order valence-corrected chi connectivity index (χ1v) is 12.7. The molecule has 0 aliphatic carbocycles. The van der Waals surface area contributed by atoms with Gasteiger partial charge in [-0.15, -0.1) is 0 Å². The van der Waals surface area contributed by atoms with E-state index < -0.39 is 11.6 Å². The number of likely N-dealkylation sites (tertiary alicyclic amines) is 1. The standard InChI is InChI=1S/C28H35F2N7/c1-18(2)37-19(3)35-28-23(29)13-22(14-25(28)37)27(24(30)16-31-4)34-17-33-26-7-6-21(15-32-26)12-20-8-10-36(5)11-9-20/h6-7,13-16,18,20H,4,8-12,17H2,1-3,5H3,(H,32,33)/b24-16+,34-27?. The minimum absolute atomic E-state index is 0.0197. The Bertz CT molecular complexity index is 1300. The van der Waals surface area contributed by atoms with Crippen LogP contribution in [-0.4, -0.2) is 58.7 Å². The fraction of sp³-hybridized carbons (Fsp3) is 0.429. The summed E-state index contributed by atoms with van der Waals surface area (Å²) in [6.45, 7) is 11.5. The lowest BCUT2D eigenvalue weighted by atomic mass is 9.91. The Kier molecular flexibility index (Phi) is 8.43. The minimum atomic E-state index is -0.704. The van der Waals surface area contributed by atoms with Crippen molar-refractivity contribution in [2.24, 2.45) is 15.9 Å². The number of hydrogen-bond acceptors (Lipinski definition) is 6. The van der Waals surface area contributed by atoms with E-state index in [0.717, 1.165) is 25.7 Å². The van der Waals surface area contributed by atoms with Crippen LogP contribution in [0.3, 0.4) is 0 Å². The quantitative estimate of drug-likeness (QED) is 0.377. The van der Waals surface area contributed by atoms with Gasteiger partial charge in [-0.05, 0) is 96.6 Å². The third-order valence-corrected chi connectivity index (χ3v) is 6.83. The van der Waals surface area contributed by atoms with Crippen molar-refractivity contribution >= 4 is 29.3 Å². The fourth-order valence-corrected chi connectivity index (χ4v) is 4.95. The van der Waals surface area contributed by atoms with Crippen LogP contribution >= 0.6 is 0 Å². The van der Waals surface area contributed by atoms with Crippen molar-refractivity contribution in [2.75, 3.05) is 32.1 Å². The Labute approximate surface area is 217 Å². The molecule has 37 heavy (non-hydrogen) atoms. The van der Waals surface area contributed by atoms with Gasteiger partial charge in [0.25, 0.3) is 0 Å². The summed E-state index contributed by atoms with van der Waals surface area (Å²) in [5.74, 6) is 0.777. The molecule has 9 heteroatoms. The molecule has 0 unspecified atom stereocenters. The fourth-order valence-electron chi connectivity index (χ4n) is 4.95. The number of pyridine rings is 1. The van der Waals surface area contributed by atoms with Crippen LogP contribution in [0.4, 0.5) is 14.6 Å². The van der Waals surface area contributed by atoms with Crippen LogP contribution in [0.15, 0.2) is 52.5 Å². The van der Waals surface area contributed by atoms with Gasteiger partial charge in [0.1, 0.15) is 29.5 Å². The topological polar surface area (TPSA) is 70.7 Å². The van der Waals surface area contributed by atoms with Gasteiger partial charge >= 0.3 is 0 Å². The number of allylic oxidation sites excluding steroid dienone is 1. The number of hydrogen-bond donors (Lipinski definition) is 1. The van der Waals surface area contributed by atoms with Crippen LogP contribution in [0.1, 0.15) is 49.7 Å². The van der Waals surface area contributed by atoms with E-state index in [-0.39, 0.29) is 23.9 Å². The van der Waals surface area contributed by atoms with Crippen molar-refractivity contribution in [3.8, 4) is 0 Å². The highest BCUT2D eigenvalue weighted by molar-refractivity contribution is 6.12. The SMILES string of the molecule is C=N/C=C(/F)C(=NCNc1ccc(CC2CCN(C)CC2)cn1)c1cc(F)c2nc(C)n(C(C)C)c2c1. The van der Waals surface area contributed by atoms with E-state index >= 15 is 0 Å². The molecule has 196 valence electrons. The van der Waals surface area contributed by atoms with E-state index in [0.29, 0.717) is 28.6 Å². The molecule has 1 saturated heterocycles. The molecule has 1 aliphatic rings. The summed E-state index contributed by atoms with van der Waals surface area (Å²) in [6.07, 6.45) is 6.29. The third kappa shape index (κ3) is 6.28. The van der Waals surface area contributed by atoms with Gasteiger partial charge in [-0.1, -0.05) is 6.07 Å². The van der Waals surface area contributed by atoms with E-state index in [1.807, 2.05) is 37.6 Å². The van der Waals surface area contributed by atoms with E-state index in [1.165, 1.54) is 24.5 Å². The molecule has 0 radical (unpaired) electrons. The van der Waals surface area contributed by atoms with Gasteiger partial charge in [0.05, 0.1) is 11.7 Å². The molecule has 1 aliphatic heterocycles. The normalized spacial score (nSPS) is 16.1. The monoisotopic (exact) mass is 507 g/mol. The molecule has 7 nitrogen and oxygen atoms in total. The summed E-state index contributed by atoms with van der Waals surface area (Å²) in [6, 6.07) is 7.01. The number of benzene rings is 1. The number of piperidine rings is 1. The summed E-state index contributed by atoms with van der Waals surface area (Å²) in [4.78, 5) is 19.1. The molecule has 0 atom stereocenters. The van der Waals surface area contributed by atoms with Crippen LogP contribution in [0.2, 0.25) is 0 Å². The van der Waals surface area contributed by atoms with E-state index in [2.05, 4.69) is 50.0 Å². The largest absolute Gasteiger partial charge is 0.351 e. The average molecular weight is 508 g/mol. The van der Waals surface area contributed by atoms with Gasteiger partial charge < -0.3 is 14.8 Å². The second-order valence-electron chi connectivity index (χ2n) is 9.95. The molecule has 0 saturated carbocycles. The minimum Gasteiger partial charge on any atom is -0.351 e. The number of aromatic nitrogens is 3. The Morgan fingerprint density at radius 3 is 2.68 bits per heavy atom. The van der Waals surface area contributed by atoms with Crippen LogP contribution in [0.5, 0.6) is 0 Å². The highest BCUT2D eigenvalue weighted by Gasteiger charge is 2.19. The first kappa shape index (κ1) is 26.6. The van der Waals surface area contributed by atoms with Gasteiger partial charge in [0.15, 0.2) is 11.6 Å². The number of nitrogens with one attached hydrogen (secondary N) is 1. The van der Waals surface area contributed by atoms with Gasteiger partial charge in [-0.2, -0.15) is 0 Å². The summed E-state index contributed by atoms with van der Waals surface area (Å²) in [5.41, 5.74) is 2.32. The molecule has 2 aromatic heterocycles. The zero-order valence-electron chi connectivity index (χ0n) is 22.0. The maximum Gasteiger partial charge on any atom is 0.167 e. The Balaban J connectivity index is 1.52. The van der Waals surface area contributed by atoms with E-state index in [4.69, 9.17) is 0 Å². The first-order chi connectivity index (χ1) is 17.8. The second kappa shape index (κ2) is 11.7. The molecule has 0 amide bonds. The Hall–Kier alpha value is -3.46. The number of halogens is 2. The third-order valence-electron chi connectivity index (χ3n) is 6.83. The molecule has 3 aromatic rings. The van der Waals surface area contributed by atoms with Crippen LogP contribution in [0.25, 0.3) is 11.0 Å². The lowest BCUT2D eigenvalue weighted by Gasteiger charge is -2.28. The number of anilines is 1. The smallest absolute Gasteiger partial charge is 0.167 e. The maximum atomic E-state index is 15.0. The van der Waals surface area contributed by atoms with Crippen LogP contribution < -0.4 is 5.32 Å². The van der Waals surface area contributed by atoms with Crippen molar-refractivity contribution in [2.45, 2.75) is 46.1 Å². The van der Waals surface area contributed by atoms with Crippen LogP contribution in [0, 0.1) is 18.7 Å². The molecular weight excluding hydrogens is 472 g/mol. The highest BCUT2D eigenvalue weighted by Crippen LogP contribution is 2.26. The van der Waals surface area contributed by atoms with Crippen molar-refractivity contribution in [1.29, 1.82) is 0 Å². The van der Waals surface area contributed by atoms with Crippen molar-refractivity contribution in [1.82, 2.24) is 19.4 Å². The summed E-state index contributed by atoms with van der Waals surface area (Å²) in [5, 5.41) is 3.11. The van der Waals surface area contributed by atoms with Gasteiger partial charge in [-0.3, -0.25) is 9.98 Å². The molecule has 1 aromatic carbocycles. The zero-order valence-corrected chi connectivity index (χ0v) is 22.0. The summed E-state index contributed by atoms with van der Waals surface area (Å²) < 4.78 is 31.9. The van der Waals surface area contributed by atoms with Gasteiger partial charge in [0, 0.05) is 17.8 Å². The molecule has 4 rings (SSSR count). The van der Waals surface area contributed by atoms with Gasteiger partial charge in [0.2, 0.25) is 0 Å². The number of nitrogens with zero attached hydrogens (tertiary/aromatic N) is 6.